The van der Waals surface area contributed by atoms with Crippen LogP contribution in [-0.2, 0) is 17.8 Å². The van der Waals surface area contributed by atoms with Crippen molar-refractivity contribution in [2.24, 2.45) is 11.8 Å². The molecule has 0 amide bonds. The van der Waals surface area contributed by atoms with Gasteiger partial charge in [-0.15, -0.1) is 0 Å². The van der Waals surface area contributed by atoms with Gasteiger partial charge in [0, 0.05) is 41.1 Å². The number of fused-ring (bicyclic) bond motifs is 1. The van der Waals surface area contributed by atoms with E-state index in [9.17, 15) is 9.90 Å². The van der Waals surface area contributed by atoms with Gasteiger partial charge < -0.3 is 19.4 Å². The van der Waals surface area contributed by atoms with Gasteiger partial charge in [-0.05, 0) is 118 Å². The second-order valence-electron chi connectivity index (χ2n) is 14.7. The number of carbonyl (C=O) groups excluding carboxylic acids is 1. The van der Waals surface area contributed by atoms with E-state index in [1.165, 1.54) is 12.6 Å². The summed E-state index contributed by atoms with van der Waals surface area (Å²) in [6.07, 6.45) is 8.24. The minimum atomic E-state index is -1.00. The Kier molecular flexibility index (Phi) is 8.44. The fourth-order valence-electron chi connectivity index (χ4n) is 7.99. The van der Waals surface area contributed by atoms with Crippen molar-refractivity contribution in [3.8, 4) is 22.8 Å². The van der Waals surface area contributed by atoms with Gasteiger partial charge >= 0.3 is 0 Å². The lowest BCUT2D eigenvalue weighted by molar-refractivity contribution is -0.311. The molecule has 1 aromatic heterocycles. The molecular formula is C38H46FN2O4-. The fourth-order valence-corrected chi connectivity index (χ4v) is 7.99. The van der Waals surface area contributed by atoms with E-state index < -0.39 is 11.9 Å². The first-order valence-electron chi connectivity index (χ1n) is 16.5. The van der Waals surface area contributed by atoms with Crippen molar-refractivity contribution < 1.29 is 23.8 Å². The third-order valence-electron chi connectivity index (χ3n) is 10.7. The zero-order chi connectivity index (χ0) is 32.1. The lowest BCUT2D eigenvalue weighted by Crippen LogP contribution is -2.57. The second kappa shape index (κ2) is 12.1. The van der Waals surface area contributed by atoms with Crippen LogP contribution in [0.2, 0.25) is 0 Å². The number of rotatable bonds is 9. The third-order valence-corrected chi connectivity index (χ3v) is 10.7. The molecule has 3 aliphatic rings. The van der Waals surface area contributed by atoms with Gasteiger partial charge in [0.25, 0.3) is 0 Å². The monoisotopic (exact) mass is 613 g/mol. The summed E-state index contributed by atoms with van der Waals surface area (Å²) < 4.78 is 27.4. The molecular weight excluding hydrogens is 567 g/mol. The molecule has 3 aromatic rings. The molecule has 0 radical (unpaired) electrons. The largest absolute Gasteiger partial charge is 0.550 e. The average molecular weight is 614 g/mol. The zero-order valence-electron chi connectivity index (χ0n) is 27.5. The number of halogens is 1. The number of hydrogen-bond acceptors (Lipinski definition) is 6. The van der Waals surface area contributed by atoms with Crippen molar-refractivity contribution in [1.29, 1.82) is 0 Å². The number of aliphatic carboxylic acids is 1. The summed E-state index contributed by atoms with van der Waals surface area (Å²) in [6, 6.07) is 14.2. The first-order valence-corrected chi connectivity index (χ1v) is 16.5. The van der Waals surface area contributed by atoms with Gasteiger partial charge in [-0.25, -0.2) is 9.37 Å². The molecule has 240 valence electrons. The van der Waals surface area contributed by atoms with Crippen LogP contribution in [0.4, 0.5) is 4.39 Å². The van der Waals surface area contributed by atoms with Gasteiger partial charge in [-0.1, -0.05) is 37.3 Å². The Hall–Kier alpha value is -3.45. The van der Waals surface area contributed by atoms with Crippen molar-refractivity contribution in [2.75, 3.05) is 7.11 Å². The molecule has 7 heteroatoms. The van der Waals surface area contributed by atoms with E-state index in [1.807, 2.05) is 6.07 Å². The van der Waals surface area contributed by atoms with Gasteiger partial charge in [0.05, 0.1) is 13.3 Å². The van der Waals surface area contributed by atoms with Crippen LogP contribution in [0.3, 0.4) is 0 Å². The van der Waals surface area contributed by atoms with E-state index in [4.69, 9.17) is 9.47 Å². The summed E-state index contributed by atoms with van der Waals surface area (Å²) in [5.41, 5.74) is 5.54. The van der Waals surface area contributed by atoms with Crippen LogP contribution in [0.25, 0.3) is 11.1 Å². The topological polar surface area (TPSA) is 74.7 Å². The van der Waals surface area contributed by atoms with Gasteiger partial charge in [0.2, 0.25) is 5.88 Å². The maximum absolute atomic E-state index is 15.3. The predicted molar refractivity (Wildman–Crippen MR) is 172 cm³/mol. The SMILES string of the molecule is COc1cc(-c2ccc(C3CCc4ccc([C@H](C5CC5)[C@H](C)C(=O)[O-])cc4O3)cc2CN2C(C)(C)CCCC2(C)C)c(F)cn1. The molecule has 6 nitrogen and oxygen atoms in total. The summed E-state index contributed by atoms with van der Waals surface area (Å²) >= 11 is 0. The van der Waals surface area contributed by atoms with Gasteiger partial charge in [-0.3, -0.25) is 4.90 Å². The highest BCUT2D eigenvalue weighted by molar-refractivity contribution is 5.70. The van der Waals surface area contributed by atoms with Gasteiger partial charge in [-0.2, -0.15) is 0 Å². The molecule has 0 N–H and O–H groups in total. The summed E-state index contributed by atoms with van der Waals surface area (Å²) in [7, 11) is 1.54. The third kappa shape index (κ3) is 6.33. The van der Waals surface area contributed by atoms with Crippen molar-refractivity contribution in [3.63, 3.8) is 0 Å². The van der Waals surface area contributed by atoms with Crippen LogP contribution in [0.5, 0.6) is 11.6 Å². The number of aryl methyl sites for hydroxylation is 1. The minimum absolute atomic E-state index is 0.0130. The maximum atomic E-state index is 15.3. The Bertz CT molecular complexity index is 1560. The molecule has 2 fully saturated rings. The van der Waals surface area contributed by atoms with Gasteiger partial charge in [0.15, 0.2) is 0 Å². The van der Waals surface area contributed by atoms with Crippen LogP contribution in [0.15, 0.2) is 48.7 Å². The van der Waals surface area contributed by atoms with Crippen molar-refractivity contribution in [2.45, 2.75) is 109 Å². The molecule has 1 unspecified atom stereocenters. The Balaban J connectivity index is 1.37. The number of nitrogens with zero attached hydrogens (tertiary/aromatic N) is 2. The number of aromatic nitrogens is 1. The summed E-state index contributed by atoms with van der Waals surface area (Å²) in [6.45, 7) is 11.7. The van der Waals surface area contributed by atoms with E-state index in [1.54, 1.807) is 20.1 Å². The Morgan fingerprint density at radius 1 is 1.07 bits per heavy atom. The van der Waals surface area contributed by atoms with Crippen LogP contribution in [0, 0.1) is 17.7 Å². The first kappa shape index (κ1) is 31.5. The number of piperidine rings is 1. The number of methoxy groups -OCH3 is 1. The number of benzene rings is 2. The Morgan fingerprint density at radius 2 is 1.80 bits per heavy atom. The second-order valence-corrected chi connectivity index (χ2v) is 14.7. The predicted octanol–water partition coefficient (Wildman–Crippen LogP) is 7.39. The molecule has 1 aliphatic carbocycles. The van der Waals surface area contributed by atoms with E-state index in [-0.39, 0.29) is 28.9 Å². The normalized spacial score (nSPS) is 22.2. The average Bonchev–Trinajstić information content (AvgIpc) is 3.84. The molecule has 3 atom stereocenters. The van der Waals surface area contributed by atoms with E-state index in [2.05, 4.69) is 67.9 Å². The zero-order valence-corrected chi connectivity index (χ0v) is 27.5. The number of hydrogen-bond donors (Lipinski definition) is 0. The number of likely N-dealkylation sites (tertiary alicyclic amines) is 1. The number of pyridine rings is 1. The lowest BCUT2D eigenvalue weighted by atomic mass is 9.79. The highest BCUT2D eigenvalue weighted by Gasteiger charge is 2.41. The van der Waals surface area contributed by atoms with Crippen molar-refractivity contribution >= 4 is 5.97 Å². The maximum Gasteiger partial charge on any atom is 0.213 e. The highest BCUT2D eigenvalue weighted by atomic mass is 19.1. The fraction of sp³-hybridized carbons (Fsp3) is 0.526. The smallest absolute Gasteiger partial charge is 0.213 e. The van der Waals surface area contributed by atoms with Crippen molar-refractivity contribution in [3.05, 3.63) is 76.7 Å². The first-order chi connectivity index (χ1) is 21.4. The van der Waals surface area contributed by atoms with E-state index in [0.717, 1.165) is 72.1 Å². The van der Waals surface area contributed by atoms with Gasteiger partial charge in [0.1, 0.15) is 17.7 Å². The highest BCUT2D eigenvalue weighted by Crippen LogP contribution is 2.48. The lowest BCUT2D eigenvalue weighted by Gasteiger charge is -2.53. The quantitative estimate of drug-likeness (QED) is 0.251. The molecule has 45 heavy (non-hydrogen) atoms. The molecule has 0 spiro atoms. The van der Waals surface area contributed by atoms with Crippen LogP contribution in [0.1, 0.15) is 107 Å². The molecule has 3 heterocycles. The van der Waals surface area contributed by atoms with E-state index >= 15 is 4.39 Å². The summed E-state index contributed by atoms with van der Waals surface area (Å²) in [5, 5.41) is 11.8. The molecule has 2 aromatic carbocycles. The van der Waals surface area contributed by atoms with Crippen LogP contribution in [-0.4, -0.2) is 34.0 Å². The Labute approximate surface area is 267 Å². The van der Waals surface area contributed by atoms with Crippen molar-refractivity contribution in [1.82, 2.24) is 9.88 Å². The van der Waals surface area contributed by atoms with E-state index in [0.29, 0.717) is 23.9 Å². The molecule has 1 saturated carbocycles. The Morgan fingerprint density at radius 3 is 2.47 bits per heavy atom. The minimum Gasteiger partial charge on any atom is -0.550 e. The van der Waals surface area contributed by atoms with Crippen LogP contribution < -0.4 is 14.6 Å². The molecule has 6 rings (SSSR count). The number of carbonyl (C=O) groups is 1. The number of carboxylic acid groups (broad SMARTS) is 1. The molecule has 1 saturated heterocycles. The molecule has 0 bridgehead atoms. The molecule has 2 aliphatic heterocycles. The standard InChI is InChI=1S/C38H47FN2O4/c1-23(36(42)43)35(25-9-10-25)27-11-8-24-13-15-32(45-33(24)19-27)26-12-14-29(30-20-34(44-6)40-21-31(30)39)28(18-26)22-41-37(2,3)16-7-17-38(41,4)5/h8,11-12,14,18-21,23,25,32,35H,7,9-10,13,15-17,22H2,1-6H3,(H,42,43)/p-1/t23-,32?,35-/m0/s1. The van der Waals surface area contributed by atoms with Crippen LogP contribution >= 0.6 is 0 Å². The summed E-state index contributed by atoms with van der Waals surface area (Å²) in [4.78, 5) is 18.5. The number of carboxylic acids is 1. The summed E-state index contributed by atoms with van der Waals surface area (Å²) in [5.74, 6) is -0.429. The number of ether oxygens (including phenoxy) is 2.